The smallest absolute Gasteiger partial charge is 0.280 e. The molecule has 7 heteroatoms. The standard InChI is InChI=1S/C17H14ClF3N3/c1-3-10-5-6-16(22-9-10)24-14-8-12(18)11(17(19,20)21)7-13(14)23-15(24)4-2/h5-9H,1,3-4H2,2H3. The Balaban J connectivity index is 2.25. The number of benzene rings is 1. The summed E-state index contributed by atoms with van der Waals surface area (Å²) in [6.07, 6.45) is -1.67. The van der Waals surface area contributed by atoms with Crippen molar-refractivity contribution in [1.29, 1.82) is 0 Å². The van der Waals surface area contributed by atoms with Gasteiger partial charge < -0.3 is 0 Å². The molecule has 3 aromatic rings. The first-order valence-electron chi connectivity index (χ1n) is 7.37. The van der Waals surface area contributed by atoms with Crippen molar-refractivity contribution in [2.45, 2.75) is 25.9 Å². The molecular weight excluding hydrogens is 339 g/mol. The normalized spacial score (nSPS) is 12.1. The quantitative estimate of drug-likeness (QED) is 0.661. The number of alkyl halides is 3. The van der Waals surface area contributed by atoms with Gasteiger partial charge in [-0.05, 0) is 37.1 Å². The van der Waals surface area contributed by atoms with Gasteiger partial charge in [0, 0.05) is 12.6 Å². The molecule has 0 N–H and O–H groups in total. The Morgan fingerprint density at radius 1 is 1.25 bits per heavy atom. The van der Waals surface area contributed by atoms with Gasteiger partial charge in [0.1, 0.15) is 11.6 Å². The van der Waals surface area contributed by atoms with E-state index in [0.717, 1.165) is 11.6 Å². The Labute approximate surface area is 142 Å². The highest BCUT2D eigenvalue weighted by Crippen LogP contribution is 2.37. The second-order valence-corrected chi connectivity index (χ2v) is 5.72. The van der Waals surface area contributed by atoms with Crippen molar-refractivity contribution < 1.29 is 13.2 Å². The molecule has 24 heavy (non-hydrogen) atoms. The second-order valence-electron chi connectivity index (χ2n) is 5.31. The van der Waals surface area contributed by atoms with Crippen LogP contribution in [0.1, 0.15) is 23.9 Å². The number of aromatic nitrogens is 3. The van der Waals surface area contributed by atoms with Gasteiger partial charge in [-0.1, -0.05) is 24.6 Å². The van der Waals surface area contributed by atoms with Crippen LogP contribution >= 0.6 is 11.6 Å². The number of hydrogen-bond acceptors (Lipinski definition) is 2. The maximum Gasteiger partial charge on any atom is 0.417 e. The Hall–Kier alpha value is -2.08. The van der Waals surface area contributed by atoms with Crippen molar-refractivity contribution in [2.75, 3.05) is 0 Å². The molecule has 0 bridgehead atoms. The zero-order chi connectivity index (χ0) is 17.5. The van der Waals surface area contributed by atoms with Gasteiger partial charge in [-0.15, -0.1) is 0 Å². The highest BCUT2D eigenvalue weighted by atomic mass is 35.5. The monoisotopic (exact) mass is 352 g/mol. The molecule has 0 unspecified atom stereocenters. The third-order valence-electron chi connectivity index (χ3n) is 3.76. The van der Waals surface area contributed by atoms with Gasteiger partial charge in [0.25, 0.3) is 0 Å². The van der Waals surface area contributed by atoms with Crippen LogP contribution in [-0.2, 0) is 19.0 Å². The minimum Gasteiger partial charge on any atom is -0.280 e. The van der Waals surface area contributed by atoms with Crippen molar-refractivity contribution >= 4 is 22.6 Å². The number of imidazole rings is 1. The lowest BCUT2D eigenvalue weighted by molar-refractivity contribution is -0.137. The molecule has 0 fully saturated rings. The van der Waals surface area contributed by atoms with Gasteiger partial charge >= 0.3 is 6.18 Å². The summed E-state index contributed by atoms with van der Waals surface area (Å²) in [5, 5.41) is -0.354. The van der Waals surface area contributed by atoms with E-state index in [2.05, 4.69) is 16.9 Å². The molecule has 0 aliphatic carbocycles. The van der Waals surface area contributed by atoms with E-state index in [1.165, 1.54) is 6.07 Å². The van der Waals surface area contributed by atoms with Gasteiger partial charge in [0.05, 0.1) is 21.6 Å². The molecule has 0 amide bonds. The third kappa shape index (κ3) is 2.86. The maximum atomic E-state index is 13.0. The van der Waals surface area contributed by atoms with Crippen LogP contribution in [0.5, 0.6) is 0 Å². The van der Waals surface area contributed by atoms with Crippen LogP contribution in [0.15, 0.2) is 30.5 Å². The summed E-state index contributed by atoms with van der Waals surface area (Å²) in [6, 6.07) is 5.96. The summed E-state index contributed by atoms with van der Waals surface area (Å²) in [4.78, 5) is 8.69. The summed E-state index contributed by atoms with van der Waals surface area (Å²) >= 11 is 5.86. The lowest BCUT2D eigenvalue weighted by atomic mass is 10.2. The van der Waals surface area contributed by atoms with Crippen molar-refractivity contribution in [2.24, 2.45) is 0 Å². The van der Waals surface area contributed by atoms with Crippen LogP contribution in [0.3, 0.4) is 0 Å². The van der Waals surface area contributed by atoms with Crippen LogP contribution in [0.25, 0.3) is 16.9 Å². The fourth-order valence-electron chi connectivity index (χ4n) is 2.55. The highest BCUT2D eigenvalue weighted by molar-refractivity contribution is 6.32. The first-order valence-corrected chi connectivity index (χ1v) is 7.75. The van der Waals surface area contributed by atoms with Gasteiger partial charge in [-0.2, -0.15) is 13.2 Å². The van der Waals surface area contributed by atoms with E-state index in [-0.39, 0.29) is 10.5 Å². The average Bonchev–Trinajstić information content (AvgIpc) is 2.90. The summed E-state index contributed by atoms with van der Waals surface area (Å²) in [6.45, 7) is 5.68. The first kappa shape index (κ1) is 16.8. The molecular formula is C17H14ClF3N3. The topological polar surface area (TPSA) is 30.7 Å². The molecule has 3 rings (SSSR count). The van der Waals surface area contributed by atoms with Gasteiger partial charge in [-0.25, -0.2) is 9.97 Å². The van der Waals surface area contributed by atoms with Gasteiger partial charge in [0.2, 0.25) is 0 Å². The van der Waals surface area contributed by atoms with Crippen molar-refractivity contribution in [1.82, 2.24) is 14.5 Å². The number of rotatable bonds is 3. The summed E-state index contributed by atoms with van der Waals surface area (Å²) in [5.41, 5.74) is 0.828. The van der Waals surface area contributed by atoms with Gasteiger partial charge in [0.15, 0.2) is 0 Å². The number of fused-ring (bicyclic) bond motifs is 1. The number of halogens is 4. The van der Waals surface area contributed by atoms with E-state index in [0.29, 0.717) is 30.0 Å². The van der Waals surface area contributed by atoms with E-state index in [1.54, 1.807) is 16.8 Å². The number of aryl methyl sites for hydroxylation is 1. The molecule has 0 aliphatic rings. The second kappa shape index (κ2) is 6.09. The zero-order valence-corrected chi connectivity index (χ0v) is 13.6. The average molecular weight is 353 g/mol. The Kier molecular flexibility index (Phi) is 4.25. The molecule has 0 spiro atoms. The van der Waals surface area contributed by atoms with E-state index < -0.39 is 11.7 Å². The van der Waals surface area contributed by atoms with E-state index >= 15 is 0 Å². The van der Waals surface area contributed by atoms with Crippen molar-refractivity contribution in [3.05, 3.63) is 59.4 Å². The van der Waals surface area contributed by atoms with Crippen LogP contribution in [0.2, 0.25) is 5.02 Å². The molecule has 0 aliphatic heterocycles. The largest absolute Gasteiger partial charge is 0.417 e. The lowest BCUT2D eigenvalue weighted by Gasteiger charge is -2.10. The maximum absolute atomic E-state index is 13.0. The number of pyridine rings is 1. The molecule has 2 heterocycles. The predicted octanol–water partition coefficient (Wildman–Crippen LogP) is 5.03. The summed E-state index contributed by atoms with van der Waals surface area (Å²) in [7, 11) is 0. The van der Waals surface area contributed by atoms with E-state index in [1.807, 2.05) is 13.0 Å². The Bertz CT molecular complexity index is 883. The Morgan fingerprint density at radius 3 is 2.54 bits per heavy atom. The van der Waals surface area contributed by atoms with Crippen LogP contribution in [0, 0.1) is 6.92 Å². The summed E-state index contributed by atoms with van der Waals surface area (Å²) in [5.74, 6) is 1.21. The predicted molar refractivity (Wildman–Crippen MR) is 87.3 cm³/mol. The fraction of sp³-hybridized carbons (Fsp3) is 0.235. The lowest BCUT2D eigenvalue weighted by Crippen LogP contribution is -2.06. The van der Waals surface area contributed by atoms with Crippen molar-refractivity contribution in [3.63, 3.8) is 0 Å². The molecule has 1 aromatic carbocycles. The molecule has 3 nitrogen and oxygen atoms in total. The molecule has 0 saturated carbocycles. The van der Waals surface area contributed by atoms with Gasteiger partial charge in [-0.3, -0.25) is 4.57 Å². The Morgan fingerprint density at radius 2 is 2.00 bits per heavy atom. The molecule has 125 valence electrons. The number of hydrogen-bond donors (Lipinski definition) is 0. The minimum atomic E-state index is -4.52. The molecule has 1 radical (unpaired) electrons. The molecule has 2 aromatic heterocycles. The fourth-order valence-corrected chi connectivity index (χ4v) is 2.82. The summed E-state index contributed by atoms with van der Waals surface area (Å²) < 4.78 is 40.8. The number of nitrogens with zero attached hydrogens (tertiary/aromatic N) is 3. The SMILES string of the molecule is [CH2]Cc1ccc(-n2c(CC)nc3cc(C(F)(F)F)c(Cl)cc32)nc1. The first-order chi connectivity index (χ1) is 11.3. The third-order valence-corrected chi connectivity index (χ3v) is 4.07. The molecule has 0 atom stereocenters. The highest BCUT2D eigenvalue weighted by Gasteiger charge is 2.34. The van der Waals surface area contributed by atoms with Crippen LogP contribution < -0.4 is 0 Å². The van der Waals surface area contributed by atoms with E-state index in [4.69, 9.17) is 11.6 Å². The minimum absolute atomic E-state index is 0.242. The van der Waals surface area contributed by atoms with Crippen LogP contribution in [-0.4, -0.2) is 14.5 Å². The molecule has 0 saturated heterocycles. The zero-order valence-electron chi connectivity index (χ0n) is 12.9. The van der Waals surface area contributed by atoms with Crippen molar-refractivity contribution in [3.8, 4) is 5.82 Å². The van der Waals surface area contributed by atoms with E-state index in [9.17, 15) is 13.2 Å². The van der Waals surface area contributed by atoms with Crippen LogP contribution in [0.4, 0.5) is 13.2 Å².